The zero-order valence-corrected chi connectivity index (χ0v) is 19.0. The van der Waals surface area contributed by atoms with Gasteiger partial charge in [0.1, 0.15) is 11.5 Å². The minimum absolute atomic E-state index is 0.409. The molecule has 162 valence electrons. The van der Waals surface area contributed by atoms with Gasteiger partial charge in [0.05, 0.1) is 28.4 Å². The number of imidazole rings is 1. The molecule has 4 aromatic rings. The summed E-state index contributed by atoms with van der Waals surface area (Å²) in [6, 6.07) is 17.6. The van der Waals surface area contributed by atoms with E-state index in [4.69, 9.17) is 15.1 Å². The monoisotopic (exact) mass is 443 g/mol. The van der Waals surface area contributed by atoms with Crippen molar-refractivity contribution in [1.82, 2.24) is 19.5 Å². The molecule has 0 spiro atoms. The first-order valence-electron chi connectivity index (χ1n) is 10.8. The fourth-order valence-corrected chi connectivity index (χ4v) is 4.80. The van der Waals surface area contributed by atoms with Crippen LogP contribution in [0, 0.1) is 6.92 Å². The van der Waals surface area contributed by atoms with Gasteiger partial charge in [-0.3, -0.25) is 9.97 Å². The largest absolute Gasteiger partial charge is 0.593 e. The van der Waals surface area contributed by atoms with E-state index in [-0.39, 0.29) is 0 Å². The minimum atomic E-state index is -1.49. The fourth-order valence-electron chi connectivity index (χ4n) is 4.40. The van der Waals surface area contributed by atoms with E-state index in [0.717, 1.165) is 64.8 Å². The van der Waals surface area contributed by atoms with Gasteiger partial charge in [-0.25, -0.2) is 4.98 Å². The zero-order chi connectivity index (χ0) is 22.2. The Balaban J connectivity index is 1.65. The third kappa shape index (κ3) is 3.83. The summed E-state index contributed by atoms with van der Waals surface area (Å²) in [5, 5.41) is 5.49. The number of hydrogen-bond donors (Lipinski definition) is 1. The van der Waals surface area contributed by atoms with E-state index in [1.807, 2.05) is 49.5 Å². The van der Waals surface area contributed by atoms with Crippen LogP contribution >= 0.6 is 0 Å². The zero-order valence-electron chi connectivity index (χ0n) is 18.2. The van der Waals surface area contributed by atoms with Crippen molar-refractivity contribution < 1.29 is 4.55 Å². The number of nitrogens with zero attached hydrogens (tertiary/aromatic N) is 4. The van der Waals surface area contributed by atoms with Crippen molar-refractivity contribution in [2.75, 3.05) is 0 Å². The van der Waals surface area contributed by atoms with Crippen molar-refractivity contribution in [2.24, 2.45) is 5.14 Å². The second-order valence-electron chi connectivity index (χ2n) is 8.28. The molecular formula is C25H25N5OS. The van der Waals surface area contributed by atoms with Gasteiger partial charge in [0.25, 0.3) is 0 Å². The van der Waals surface area contributed by atoms with Crippen LogP contribution in [0.25, 0.3) is 33.9 Å². The van der Waals surface area contributed by atoms with E-state index in [1.54, 1.807) is 12.1 Å². The van der Waals surface area contributed by atoms with Gasteiger partial charge >= 0.3 is 0 Å². The van der Waals surface area contributed by atoms with Crippen LogP contribution in [0.4, 0.5) is 0 Å². The molecule has 5 rings (SSSR count). The molecule has 0 amide bonds. The highest BCUT2D eigenvalue weighted by molar-refractivity contribution is 7.89. The number of hydrogen-bond acceptors (Lipinski definition) is 5. The first-order valence-corrected chi connectivity index (χ1v) is 12.0. The van der Waals surface area contributed by atoms with Gasteiger partial charge in [0.2, 0.25) is 0 Å². The van der Waals surface area contributed by atoms with Crippen molar-refractivity contribution in [3.05, 3.63) is 72.3 Å². The molecule has 32 heavy (non-hydrogen) atoms. The van der Waals surface area contributed by atoms with Crippen molar-refractivity contribution in [2.45, 2.75) is 44.0 Å². The first kappa shape index (κ1) is 20.9. The molecule has 0 fully saturated rings. The summed E-state index contributed by atoms with van der Waals surface area (Å²) in [6.07, 6.45) is 4.11. The maximum atomic E-state index is 11.5. The molecular weight excluding hydrogens is 418 g/mol. The Morgan fingerprint density at radius 3 is 2.59 bits per heavy atom. The highest BCUT2D eigenvalue weighted by atomic mass is 32.2. The highest BCUT2D eigenvalue weighted by Gasteiger charge is 2.26. The van der Waals surface area contributed by atoms with Gasteiger partial charge in [0, 0.05) is 35.5 Å². The lowest BCUT2D eigenvalue weighted by molar-refractivity contribution is 0.466. The Kier molecular flexibility index (Phi) is 5.55. The topological polar surface area (TPSA) is 92.7 Å². The Morgan fingerprint density at radius 1 is 1.03 bits per heavy atom. The van der Waals surface area contributed by atoms with E-state index < -0.39 is 11.4 Å². The molecule has 0 aliphatic carbocycles. The highest BCUT2D eigenvalue weighted by Crippen LogP contribution is 2.38. The number of aromatic nitrogens is 4. The molecule has 3 aromatic heterocycles. The van der Waals surface area contributed by atoms with Crippen LogP contribution in [0.5, 0.6) is 0 Å². The van der Waals surface area contributed by atoms with Crippen molar-refractivity contribution in [1.29, 1.82) is 0 Å². The second kappa shape index (κ2) is 8.50. The number of pyridine rings is 2. The van der Waals surface area contributed by atoms with Gasteiger partial charge in [0.15, 0.2) is 4.90 Å². The van der Waals surface area contributed by atoms with E-state index in [2.05, 4.69) is 22.5 Å². The molecule has 2 atom stereocenters. The maximum absolute atomic E-state index is 11.5. The summed E-state index contributed by atoms with van der Waals surface area (Å²) in [7, 11) is 0. The number of aryl methyl sites for hydroxylation is 1. The number of benzene rings is 1. The van der Waals surface area contributed by atoms with E-state index in [9.17, 15) is 4.55 Å². The molecule has 0 bridgehead atoms. The smallest absolute Gasteiger partial charge is 0.173 e. The Hall–Kier alpha value is -3.00. The summed E-state index contributed by atoms with van der Waals surface area (Å²) >= 11 is -1.49. The van der Waals surface area contributed by atoms with Crippen LogP contribution in [0.1, 0.15) is 37.2 Å². The van der Waals surface area contributed by atoms with Crippen molar-refractivity contribution >= 4 is 11.4 Å². The summed E-state index contributed by atoms with van der Waals surface area (Å²) < 4.78 is 13.9. The van der Waals surface area contributed by atoms with E-state index in [1.165, 1.54) is 0 Å². The molecule has 0 saturated heterocycles. The first-order chi connectivity index (χ1) is 15.5. The summed E-state index contributed by atoms with van der Waals surface area (Å²) in [6.45, 7) is 5.20. The third-order valence-corrected chi connectivity index (χ3v) is 6.74. The SMILES string of the molecule is Cc1cccc(-c2nc3n(c2-c2ccnc(-c4ccc([S+](N)[O-])cc4)c2)CCC[C@@H]3C)n1. The molecule has 0 saturated carbocycles. The van der Waals surface area contributed by atoms with Crippen LogP contribution in [0.15, 0.2) is 65.7 Å². The molecule has 2 N–H and O–H groups in total. The van der Waals surface area contributed by atoms with Gasteiger partial charge < -0.3 is 9.12 Å². The average molecular weight is 444 g/mol. The lowest BCUT2D eigenvalue weighted by Crippen LogP contribution is -2.14. The second-order valence-corrected chi connectivity index (χ2v) is 9.34. The predicted molar refractivity (Wildman–Crippen MR) is 127 cm³/mol. The van der Waals surface area contributed by atoms with Crippen LogP contribution in [0.3, 0.4) is 0 Å². The van der Waals surface area contributed by atoms with E-state index in [0.29, 0.717) is 10.8 Å². The summed E-state index contributed by atoms with van der Waals surface area (Å²) in [5.41, 5.74) is 6.73. The number of nitrogens with two attached hydrogens (primary N) is 1. The molecule has 1 aromatic carbocycles. The van der Waals surface area contributed by atoms with Crippen LogP contribution in [0.2, 0.25) is 0 Å². The average Bonchev–Trinajstić information content (AvgIpc) is 3.20. The summed E-state index contributed by atoms with van der Waals surface area (Å²) in [5.74, 6) is 1.53. The normalized spacial score (nSPS) is 16.6. The number of fused-ring (bicyclic) bond motifs is 1. The van der Waals surface area contributed by atoms with Crippen molar-refractivity contribution in [3.8, 4) is 33.9 Å². The van der Waals surface area contributed by atoms with Gasteiger partial charge in [-0.15, -0.1) is 5.14 Å². The lowest BCUT2D eigenvalue weighted by atomic mass is 10.0. The number of rotatable bonds is 4. The molecule has 6 nitrogen and oxygen atoms in total. The van der Waals surface area contributed by atoms with Crippen LogP contribution in [-0.2, 0) is 17.9 Å². The quantitative estimate of drug-likeness (QED) is 0.455. The Labute approximate surface area is 190 Å². The Bertz CT molecular complexity index is 1270. The van der Waals surface area contributed by atoms with Gasteiger partial charge in [-0.1, -0.05) is 13.0 Å². The molecule has 1 unspecified atom stereocenters. The predicted octanol–water partition coefficient (Wildman–Crippen LogP) is 4.86. The Morgan fingerprint density at radius 2 is 1.84 bits per heavy atom. The lowest BCUT2D eigenvalue weighted by Gasteiger charge is -2.22. The van der Waals surface area contributed by atoms with Gasteiger partial charge in [-0.2, -0.15) is 0 Å². The molecule has 0 radical (unpaired) electrons. The van der Waals surface area contributed by atoms with Gasteiger partial charge in [-0.05, 0) is 68.3 Å². The molecule has 1 aliphatic rings. The standard InChI is InChI=1S/C25H25N5OS/c1-16-5-4-14-30-24(23(29-25(16)30)21-7-3-6-17(2)28-21)19-12-13-27-22(15-19)18-8-10-20(11-9-18)32(26)31/h3,6-13,15-16H,4-5,14,26H2,1-2H3/t16-,32?/m0/s1. The fraction of sp³-hybridized carbons (Fsp3) is 0.240. The van der Waals surface area contributed by atoms with E-state index >= 15 is 0 Å². The summed E-state index contributed by atoms with van der Waals surface area (Å²) in [4.78, 5) is 15.0. The third-order valence-electron chi connectivity index (χ3n) is 6.00. The van der Waals surface area contributed by atoms with Crippen LogP contribution < -0.4 is 5.14 Å². The molecule has 1 aliphatic heterocycles. The minimum Gasteiger partial charge on any atom is -0.593 e. The molecule has 4 heterocycles. The maximum Gasteiger partial charge on any atom is 0.173 e. The molecule has 7 heteroatoms. The van der Waals surface area contributed by atoms with Crippen LogP contribution in [-0.4, -0.2) is 24.1 Å². The van der Waals surface area contributed by atoms with Crippen molar-refractivity contribution in [3.63, 3.8) is 0 Å².